The van der Waals surface area contributed by atoms with Crippen molar-refractivity contribution in [3.8, 4) is 11.4 Å². The summed E-state index contributed by atoms with van der Waals surface area (Å²) in [4.78, 5) is 21.6. The lowest BCUT2D eigenvalue weighted by molar-refractivity contribution is 0.419. The van der Waals surface area contributed by atoms with Crippen LogP contribution in [-0.4, -0.2) is 39.3 Å². The molecule has 2 unspecified atom stereocenters. The first-order valence-corrected chi connectivity index (χ1v) is 13.3. The van der Waals surface area contributed by atoms with E-state index in [1.54, 1.807) is 0 Å². The van der Waals surface area contributed by atoms with Gasteiger partial charge in [0.05, 0.1) is 16.8 Å². The van der Waals surface area contributed by atoms with Gasteiger partial charge in [0, 0.05) is 18.8 Å². The third kappa shape index (κ3) is 3.59. The van der Waals surface area contributed by atoms with E-state index < -0.39 is 0 Å². The highest BCUT2D eigenvalue weighted by Gasteiger charge is 2.36. The van der Waals surface area contributed by atoms with Gasteiger partial charge in [-0.2, -0.15) is 0 Å². The Morgan fingerprint density at radius 3 is 2.33 bits per heavy atom. The van der Waals surface area contributed by atoms with Crippen LogP contribution in [0, 0.1) is 38.4 Å². The van der Waals surface area contributed by atoms with Crippen molar-refractivity contribution < 1.29 is 4.39 Å². The Kier molecular flexibility index (Phi) is 5.09. The zero-order valence-electron chi connectivity index (χ0n) is 19.8. The maximum absolute atomic E-state index is 16.3. The molecule has 0 N–H and O–H groups in total. The van der Waals surface area contributed by atoms with Gasteiger partial charge >= 0.3 is 0 Å². The van der Waals surface area contributed by atoms with E-state index >= 15 is 4.39 Å². The second-order valence-electron chi connectivity index (χ2n) is 10.2. The fourth-order valence-electron chi connectivity index (χ4n) is 6.08. The van der Waals surface area contributed by atoms with Gasteiger partial charge < -0.3 is 4.90 Å². The number of hydrogen-bond acceptors (Lipinski definition) is 6. The molecule has 3 aliphatic rings. The van der Waals surface area contributed by atoms with Gasteiger partial charge in [0.15, 0.2) is 11.0 Å². The number of halogens is 1. The fraction of sp³-hybridized carbons (Fsp3) is 0.538. The summed E-state index contributed by atoms with van der Waals surface area (Å²) < 4.78 is 16.3. The van der Waals surface area contributed by atoms with Crippen LogP contribution in [0.2, 0.25) is 0 Å². The quantitative estimate of drug-likeness (QED) is 0.350. The van der Waals surface area contributed by atoms with Gasteiger partial charge in [-0.05, 0) is 94.1 Å². The molecular weight excluding hydrogens is 433 g/mol. The van der Waals surface area contributed by atoms with Gasteiger partial charge in [-0.1, -0.05) is 11.8 Å². The van der Waals surface area contributed by atoms with Crippen molar-refractivity contribution >= 4 is 28.5 Å². The van der Waals surface area contributed by atoms with E-state index in [0.717, 1.165) is 54.1 Å². The maximum atomic E-state index is 16.3. The number of nitrogens with zero attached hydrogens (tertiary/aromatic N) is 5. The molecule has 3 fully saturated rings. The summed E-state index contributed by atoms with van der Waals surface area (Å²) >= 11 is 1.47. The molecule has 33 heavy (non-hydrogen) atoms. The molecule has 5 nitrogen and oxygen atoms in total. The van der Waals surface area contributed by atoms with E-state index in [9.17, 15) is 0 Å². The molecular formula is C26H30FN5S. The molecule has 4 heterocycles. The molecule has 0 spiro atoms. The van der Waals surface area contributed by atoms with Gasteiger partial charge in [-0.25, -0.2) is 19.3 Å². The largest absolute Gasteiger partial charge is 0.355 e. The van der Waals surface area contributed by atoms with Gasteiger partial charge in [-0.3, -0.25) is 4.98 Å². The predicted molar refractivity (Wildman–Crippen MR) is 132 cm³/mol. The number of pyridine rings is 2. The first-order chi connectivity index (χ1) is 15.9. The molecule has 0 aromatic carbocycles. The second kappa shape index (κ2) is 7.90. The SMILES string of the molecule is CSc1nc(N2CC3CCC(C3)C2)c2c(C)nc(-c3nc(C)cc(C)c3C3CC3)c(F)c2n1. The number of aryl methyl sites for hydroxylation is 3. The van der Waals surface area contributed by atoms with Crippen molar-refractivity contribution in [1.82, 2.24) is 19.9 Å². The summed E-state index contributed by atoms with van der Waals surface area (Å²) in [5, 5.41) is 1.37. The molecule has 2 bridgehead atoms. The molecule has 2 atom stereocenters. The van der Waals surface area contributed by atoms with Crippen molar-refractivity contribution in [2.45, 2.75) is 63.9 Å². The first-order valence-electron chi connectivity index (χ1n) is 12.1. The lowest BCUT2D eigenvalue weighted by atomic mass is 9.97. The van der Waals surface area contributed by atoms with E-state index in [2.05, 4.69) is 22.9 Å². The van der Waals surface area contributed by atoms with Crippen molar-refractivity contribution in [3.63, 3.8) is 0 Å². The van der Waals surface area contributed by atoms with Gasteiger partial charge in [0.2, 0.25) is 0 Å². The number of hydrogen-bond donors (Lipinski definition) is 0. The minimum atomic E-state index is -0.367. The van der Waals surface area contributed by atoms with Crippen LogP contribution in [0.4, 0.5) is 10.2 Å². The normalized spacial score (nSPS) is 22.4. The Labute approximate surface area is 198 Å². The minimum Gasteiger partial charge on any atom is -0.355 e. The molecule has 3 aromatic rings. The number of fused-ring (bicyclic) bond motifs is 3. The zero-order valence-corrected chi connectivity index (χ0v) is 20.6. The number of rotatable bonds is 4. The fourth-order valence-corrected chi connectivity index (χ4v) is 6.44. The smallest absolute Gasteiger partial charge is 0.189 e. The summed E-state index contributed by atoms with van der Waals surface area (Å²) in [5.74, 6) is 2.37. The Morgan fingerprint density at radius 2 is 1.67 bits per heavy atom. The third-order valence-corrected chi connectivity index (χ3v) is 8.17. The Morgan fingerprint density at radius 1 is 0.939 bits per heavy atom. The molecule has 172 valence electrons. The van der Waals surface area contributed by atoms with Crippen molar-refractivity contribution in [3.05, 3.63) is 34.4 Å². The van der Waals surface area contributed by atoms with E-state index in [1.807, 2.05) is 20.1 Å². The van der Waals surface area contributed by atoms with Gasteiger partial charge in [-0.15, -0.1) is 0 Å². The molecule has 0 amide bonds. The Hall–Kier alpha value is -2.28. The summed E-state index contributed by atoms with van der Waals surface area (Å²) in [6, 6.07) is 2.10. The molecule has 3 aromatic heterocycles. The Balaban J connectivity index is 1.57. The van der Waals surface area contributed by atoms with E-state index in [1.165, 1.54) is 36.6 Å². The van der Waals surface area contributed by atoms with Gasteiger partial charge in [0.1, 0.15) is 17.0 Å². The lowest BCUT2D eigenvalue weighted by Crippen LogP contribution is -2.37. The third-order valence-electron chi connectivity index (χ3n) is 7.62. The Bertz CT molecular complexity index is 1260. The van der Waals surface area contributed by atoms with Crippen molar-refractivity contribution in [2.24, 2.45) is 11.8 Å². The van der Waals surface area contributed by atoms with Crippen molar-refractivity contribution in [1.29, 1.82) is 0 Å². The number of aromatic nitrogens is 4. The predicted octanol–water partition coefficient (Wildman–Crippen LogP) is 5.99. The zero-order chi connectivity index (χ0) is 22.9. The topological polar surface area (TPSA) is 54.8 Å². The summed E-state index contributed by atoms with van der Waals surface area (Å²) in [6.07, 6.45) is 8.11. The monoisotopic (exact) mass is 463 g/mol. The average molecular weight is 464 g/mol. The van der Waals surface area contributed by atoms with Crippen LogP contribution in [-0.2, 0) is 0 Å². The molecule has 1 saturated heterocycles. The molecule has 0 radical (unpaired) electrons. The maximum Gasteiger partial charge on any atom is 0.189 e. The van der Waals surface area contributed by atoms with Crippen LogP contribution < -0.4 is 4.90 Å². The summed E-state index contributed by atoms with van der Waals surface area (Å²) in [5.41, 5.74) is 5.41. The summed E-state index contributed by atoms with van der Waals surface area (Å²) in [6.45, 7) is 8.02. The van der Waals surface area contributed by atoms with Crippen LogP contribution in [0.3, 0.4) is 0 Å². The number of thioether (sulfide) groups is 1. The number of piperidine rings is 1. The van der Waals surface area contributed by atoms with Crippen LogP contribution in [0.25, 0.3) is 22.3 Å². The molecule has 2 aliphatic carbocycles. The van der Waals surface area contributed by atoms with E-state index in [4.69, 9.17) is 15.0 Å². The standard InChI is InChI=1S/C26H30FN5S/c1-13-9-14(2)28-23(19(13)18-7-8-18)24-21(27)22-20(15(3)29-24)25(31-26(30-22)33-4)32-11-16-5-6-17(10-16)12-32/h9,16-18H,5-8,10-12H2,1-4H3. The van der Waals surface area contributed by atoms with Crippen LogP contribution in [0.5, 0.6) is 0 Å². The second-order valence-corrected chi connectivity index (χ2v) is 11.0. The average Bonchev–Trinajstić information content (AvgIpc) is 3.58. The molecule has 7 heteroatoms. The van der Waals surface area contributed by atoms with Crippen LogP contribution in [0.15, 0.2) is 11.2 Å². The van der Waals surface area contributed by atoms with Crippen molar-refractivity contribution in [2.75, 3.05) is 24.2 Å². The first kappa shape index (κ1) is 21.3. The molecule has 2 saturated carbocycles. The minimum absolute atomic E-state index is 0.337. The lowest BCUT2D eigenvalue weighted by Gasteiger charge is -2.33. The highest BCUT2D eigenvalue weighted by atomic mass is 32.2. The molecule has 1 aliphatic heterocycles. The van der Waals surface area contributed by atoms with E-state index in [-0.39, 0.29) is 5.82 Å². The molecule has 6 rings (SSSR count). The van der Waals surface area contributed by atoms with Crippen LogP contribution >= 0.6 is 11.8 Å². The van der Waals surface area contributed by atoms with Crippen LogP contribution in [0.1, 0.15) is 60.5 Å². The van der Waals surface area contributed by atoms with Gasteiger partial charge in [0.25, 0.3) is 0 Å². The summed E-state index contributed by atoms with van der Waals surface area (Å²) in [7, 11) is 0. The highest BCUT2D eigenvalue weighted by molar-refractivity contribution is 7.98. The highest BCUT2D eigenvalue weighted by Crippen LogP contribution is 2.47. The van der Waals surface area contributed by atoms with E-state index in [0.29, 0.717) is 39.8 Å². The number of anilines is 1.